The number of aryl methyl sites for hydroxylation is 1. The second-order valence-corrected chi connectivity index (χ2v) is 4.86. The molecule has 5 heteroatoms. The van der Waals surface area contributed by atoms with Crippen LogP contribution in [0.5, 0.6) is 0 Å². The molecule has 1 aromatic rings. The molecule has 0 aliphatic rings. The van der Waals surface area contributed by atoms with Crippen LogP contribution in [0.4, 0.5) is 5.69 Å². The maximum absolute atomic E-state index is 11.5. The standard InChI is InChI=1S/C9H10N2O2S/c1-7-3-2-4-8(9(7)11)14(12,13)6-5-10/h2-4H,6,11H2,1H3. The third-order valence-corrected chi connectivity index (χ3v) is 3.41. The van der Waals surface area contributed by atoms with Crippen molar-refractivity contribution in [1.29, 1.82) is 5.26 Å². The van der Waals surface area contributed by atoms with Crippen molar-refractivity contribution in [2.75, 3.05) is 11.5 Å². The van der Waals surface area contributed by atoms with Crippen molar-refractivity contribution in [3.63, 3.8) is 0 Å². The first-order chi connectivity index (χ1) is 6.49. The molecule has 0 unspecified atom stereocenters. The Bertz CT molecular complexity index is 486. The highest BCUT2D eigenvalue weighted by Crippen LogP contribution is 2.22. The van der Waals surface area contributed by atoms with Gasteiger partial charge in [-0.3, -0.25) is 0 Å². The lowest BCUT2D eigenvalue weighted by molar-refractivity contribution is 0.599. The van der Waals surface area contributed by atoms with Crippen molar-refractivity contribution in [2.45, 2.75) is 11.8 Å². The molecular formula is C9H10N2O2S. The number of rotatable bonds is 2. The van der Waals surface area contributed by atoms with E-state index in [1.165, 1.54) is 6.07 Å². The fraction of sp³-hybridized carbons (Fsp3) is 0.222. The van der Waals surface area contributed by atoms with E-state index in [2.05, 4.69) is 0 Å². The number of anilines is 1. The number of para-hydroxylation sites is 1. The van der Waals surface area contributed by atoms with E-state index in [9.17, 15) is 8.42 Å². The van der Waals surface area contributed by atoms with Crippen LogP contribution in [-0.4, -0.2) is 14.2 Å². The molecule has 4 nitrogen and oxygen atoms in total. The average Bonchev–Trinajstić information content (AvgIpc) is 2.09. The highest BCUT2D eigenvalue weighted by molar-refractivity contribution is 7.91. The smallest absolute Gasteiger partial charge is 0.193 e. The zero-order valence-electron chi connectivity index (χ0n) is 7.69. The highest BCUT2D eigenvalue weighted by Gasteiger charge is 2.17. The molecule has 0 atom stereocenters. The molecule has 0 bridgehead atoms. The predicted octanol–water partition coefficient (Wildman–Crippen LogP) is 0.875. The van der Waals surface area contributed by atoms with E-state index in [1.807, 2.05) is 0 Å². The van der Waals surface area contributed by atoms with Crippen LogP contribution >= 0.6 is 0 Å². The Kier molecular flexibility index (Phi) is 2.77. The van der Waals surface area contributed by atoms with E-state index in [4.69, 9.17) is 11.0 Å². The van der Waals surface area contributed by atoms with Gasteiger partial charge >= 0.3 is 0 Å². The second-order valence-electron chi connectivity index (χ2n) is 2.90. The summed E-state index contributed by atoms with van der Waals surface area (Å²) in [4.78, 5) is 0.0408. The minimum Gasteiger partial charge on any atom is -0.397 e. The Morgan fingerprint density at radius 2 is 2.14 bits per heavy atom. The molecule has 0 aromatic heterocycles. The van der Waals surface area contributed by atoms with Crippen LogP contribution in [0.25, 0.3) is 0 Å². The van der Waals surface area contributed by atoms with Crippen LogP contribution in [0, 0.1) is 18.3 Å². The molecular weight excluding hydrogens is 200 g/mol. The van der Waals surface area contributed by atoms with Crippen LogP contribution in [-0.2, 0) is 9.84 Å². The molecule has 0 saturated heterocycles. The van der Waals surface area contributed by atoms with Crippen LogP contribution in [0.2, 0.25) is 0 Å². The molecule has 0 spiro atoms. The summed E-state index contributed by atoms with van der Waals surface area (Å²) in [6.45, 7) is 1.72. The number of hydrogen-bond acceptors (Lipinski definition) is 4. The largest absolute Gasteiger partial charge is 0.397 e. The molecule has 0 saturated carbocycles. The van der Waals surface area contributed by atoms with Crippen LogP contribution < -0.4 is 5.73 Å². The molecule has 0 heterocycles. The third-order valence-electron chi connectivity index (χ3n) is 1.87. The SMILES string of the molecule is Cc1cccc(S(=O)(=O)CC#N)c1N. The number of benzene rings is 1. The van der Waals surface area contributed by atoms with Crippen LogP contribution in [0.1, 0.15) is 5.56 Å². The van der Waals surface area contributed by atoms with Gasteiger partial charge in [-0.25, -0.2) is 8.42 Å². The Labute approximate surface area is 82.9 Å². The van der Waals surface area contributed by atoms with E-state index in [-0.39, 0.29) is 10.6 Å². The highest BCUT2D eigenvalue weighted by atomic mass is 32.2. The first-order valence-corrected chi connectivity index (χ1v) is 5.59. The molecule has 74 valence electrons. The van der Waals surface area contributed by atoms with E-state index >= 15 is 0 Å². The Morgan fingerprint density at radius 3 is 2.71 bits per heavy atom. The van der Waals surface area contributed by atoms with Gasteiger partial charge in [0.15, 0.2) is 9.84 Å². The van der Waals surface area contributed by atoms with E-state index in [1.54, 1.807) is 25.1 Å². The van der Waals surface area contributed by atoms with Crippen LogP contribution in [0.3, 0.4) is 0 Å². The number of hydrogen-bond donors (Lipinski definition) is 1. The molecule has 14 heavy (non-hydrogen) atoms. The molecule has 1 rings (SSSR count). The van der Waals surface area contributed by atoms with Gasteiger partial charge in [0.05, 0.1) is 16.7 Å². The molecule has 2 N–H and O–H groups in total. The normalized spacial score (nSPS) is 10.9. The summed E-state index contributed by atoms with van der Waals surface area (Å²) >= 11 is 0. The monoisotopic (exact) mass is 210 g/mol. The van der Waals surface area contributed by atoms with Gasteiger partial charge in [-0.2, -0.15) is 5.26 Å². The maximum Gasteiger partial charge on any atom is 0.193 e. The van der Waals surface area contributed by atoms with E-state index in [0.29, 0.717) is 5.56 Å². The van der Waals surface area contributed by atoms with Crippen molar-refractivity contribution in [3.05, 3.63) is 23.8 Å². The Hall–Kier alpha value is -1.54. The van der Waals surface area contributed by atoms with Crippen molar-refractivity contribution in [2.24, 2.45) is 0 Å². The number of nitriles is 1. The minimum atomic E-state index is -3.55. The number of nitrogens with zero attached hydrogens (tertiary/aromatic N) is 1. The van der Waals surface area contributed by atoms with Crippen molar-refractivity contribution < 1.29 is 8.42 Å². The quantitative estimate of drug-likeness (QED) is 0.734. The number of nitrogens with two attached hydrogens (primary N) is 1. The van der Waals surface area contributed by atoms with E-state index < -0.39 is 15.6 Å². The van der Waals surface area contributed by atoms with E-state index in [0.717, 1.165) is 0 Å². The minimum absolute atomic E-state index is 0.0408. The summed E-state index contributed by atoms with van der Waals surface area (Å²) in [6.07, 6.45) is 0. The van der Waals surface area contributed by atoms with Gasteiger partial charge in [0.25, 0.3) is 0 Å². The van der Waals surface area contributed by atoms with Gasteiger partial charge in [0.2, 0.25) is 0 Å². The predicted molar refractivity (Wildman–Crippen MR) is 53.3 cm³/mol. The van der Waals surface area contributed by atoms with Gasteiger partial charge in [-0.1, -0.05) is 12.1 Å². The first kappa shape index (κ1) is 10.5. The Balaban J connectivity index is 3.35. The molecule has 0 radical (unpaired) electrons. The fourth-order valence-corrected chi connectivity index (χ4v) is 2.20. The van der Waals surface area contributed by atoms with Crippen molar-refractivity contribution >= 4 is 15.5 Å². The summed E-state index contributed by atoms with van der Waals surface area (Å²) in [5.74, 6) is -0.541. The topological polar surface area (TPSA) is 84.0 Å². The summed E-state index contributed by atoms with van der Waals surface area (Å²) in [6, 6.07) is 6.35. The molecule has 1 aromatic carbocycles. The fourth-order valence-electron chi connectivity index (χ4n) is 1.09. The first-order valence-electron chi connectivity index (χ1n) is 3.94. The summed E-state index contributed by atoms with van der Waals surface area (Å²) in [5.41, 5.74) is 6.53. The van der Waals surface area contributed by atoms with Gasteiger partial charge in [-0.15, -0.1) is 0 Å². The third kappa shape index (κ3) is 1.86. The van der Waals surface area contributed by atoms with Crippen molar-refractivity contribution in [1.82, 2.24) is 0 Å². The maximum atomic E-state index is 11.5. The second kappa shape index (κ2) is 3.68. The summed E-state index contributed by atoms with van der Waals surface area (Å²) in [7, 11) is -3.55. The molecule has 0 aliphatic carbocycles. The summed E-state index contributed by atoms with van der Waals surface area (Å²) < 4.78 is 23.0. The summed E-state index contributed by atoms with van der Waals surface area (Å²) in [5, 5.41) is 8.35. The lowest BCUT2D eigenvalue weighted by Gasteiger charge is -2.06. The van der Waals surface area contributed by atoms with Gasteiger partial charge in [0.1, 0.15) is 5.75 Å². The van der Waals surface area contributed by atoms with Crippen LogP contribution in [0.15, 0.2) is 23.1 Å². The molecule has 0 fully saturated rings. The number of nitrogen functional groups attached to an aromatic ring is 1. The Morgan fingerprint density at radius 1 is 1.50 bits per heavy atom. The van der Waals surface area contributed by atoms with Gasteiger partial charge < -0.3 is 5.73 Å². The van der Waals surface area contributed by atoms with Crippen molar-refractivity contribution in [3.8, 4) is 6.07 Å². The number of sulfone groups is 1. The van der Waals surface area contributed by atoms with Gasteiger partial charge in [0, 0.05) is 0 Å². The molecule has 0 aliphatic heterocycles. The zero-order valence-corrected chi connectivity index (χ0v) is 8.50. The van der Waals surface area contributed by atoms with Gasteiger partial charge in [-0.05, 0) is 18.6 Å². The molecule has 0 amide bonds. The lowest BCUT2D eigenvalue weighted by atomic mass is 10.2. The average molecular weight is 210 g/mol. The zero-order chi connectivity index (χ0) is 10.8. The lowest BCUT2D eigenvalue weighted by Crippen LogP contribution is -2.08.